The van der Waals surface area contributed by atoms with Crippen molar-refractivity contribution in [3.63, 3.8) is 0 Å². The minimum atomic E-state index is -3.90. The number of hydrogen-bond acceptors (Lipinski definition) is 6. The van der Waals surface area contributed by atoms with Gasteiger partial charge in [-0.2, -0.15) is 0 Å². The quantitative estimate of drug-likeness (QED) is 0.142. The molecule has 0 saturated heterocycles. The molecule has 196 valence electrons. The van der Waals surface area contributed by atoms with E-state index in [1.165, 1.54) is 12.1 Å². The Morgan fingerprint density at radius 3 is 2.16 bits per heavy atom. The first-order valence-electron chi connectivity index (χ1n) is 11.9. The molecule has 0 radical (unpaired) electrons. The maximum absolute atomic E-state index is 13.3. The van der Waals surface area contributed by atoms with Gasteiger partial charge in [0.15, 0.2) is 11.5 Å². The van der Waals surface area contributed by atoms with Crippen LogP contribution >= 0.6 is 0 Å². The fraction of sp³-hybridized carbons (Fsp3) is 0.138. The number of benzene rings is 4. The molecule has 1 atom stereocenters. The number of nitrogen functional groups attached to an aromatic ring is 1. The number of hydrogen-bond donors (Lipinski definition) is 3. The van der Waals surface area contributed by atoms with E-state index in [-0.39, 0.29) is 10.7 Å². The van der Waals surface area contributed by atoms with E-state index in [1.807, 2.05) is 55.5 Å². The number of anilines is 1. The third-order valence-corrected chi connectivity index (χ3v) is 7.35. The number of sulfonamides is 1. The number of nitrogens with one attached hydrogen (secondary N) is 2. The normalized spacial score (nSPS) is 11.9. The predicted molar refractivity (Wildman–Crippen MR) is 149 cm³/mol. The van der Waals surface area contributed by atoms with E-state index in [0.717, 1.165) is 11.1 Å². The van der Waals surface area contributed by atoms with Crippen molar-refractivity contribution in [1.29, 1.82) is 5.41 Å². The zero-order valence-electron chi connectivity index (χ0n) is 21.2. The Morgan fingerprint density at radius 2 is 1.55 bits per heavy atom. The van der Waals surface area contributed by atoms with Gasteiger partial charge in [-0.1, -0.05) is 54.6 Å². The summed E-state index contributed by atoms with van der Waals surface area (Å²) in [5.74, 6) is 1.04. The molecule has 4 aromatic carbocycles. The molecular weight excluding hydrogens is 500 g/mol. The summed E-state index contributed by atoms with van der Waals surface area (Å²) in [6, 6.07) is 29.8. The molecule has 0 aliphatic heterocycles. The van der Waals surface area contributed by atoms with E-state index in [1.54, 1.807) is 54.6 Å². The number of amidine groups is 1. The van der Waals surface area contributed by atoms with Crippen LogP contribution in [0.4, 0.5) is 5.69 Å². The molecule has 1 unspecified atom stereocenters. The summed E-state index contributed by atoms with van der Waals surface area (Å²) in [6.45, 7) is 2.27. The Bertz CT molecular complexity index is 1480. The van der Waals surface area contributed by atoms with E-state index in [0.29, 0.717) is 29.4 Å². The van der Waals surface area contributed by atoms with E-state index in [2.05, 4.69) is 4.83 Å². The molecule has 0 aliphatic carbocycles. The second-order valence-electron chi connectivity index (χ2n) is 8.60. The summed E-state index contributed by atoms with van der Waals surface area (Å²) >= 11 is 0. The highest BCUT2D eigenvalue weighted by molar-refractivity contribution is 7.89. The maximum Gasteiger partial charge on any atom is 0.257 e. The van der Waals surface area contributed by atoms with Crippen LogP contribution in [-0.2, 0) is 16.6 Å². The summed E-state index contributed by atoms with van der Waals surface area (Å²) in [6.07, 6.45) is 0. The van der Waals surface area contributed by atoms with Gasteiger partial charge in [-0.05, 0) is 66.6 Å². The number of nitrogens with zero attached hydrogens (tertiary/aromatic N) is 1. The molecule has 9 heteroatoms. The lowest BCUT2D eigenvalue weighted by molar-refractivity contribution is 0.284. The molecule has 4 rings (SSSR count). The Labute approximate surface area is 223 Å². The van der Waals surface area contributed by atoms with Crippen LogP contribution < -0.4 is 25.0 Å². The van der Waals surface area contributed by atoms with Crippen LogP contribution in [0.5, 0.6) is 11.5 Å². The predicted octanol–water partition coefficient (Wildman–Crippen LogP) is 5.02. The lowest BCUT2D eigenvalue weighted by Gasteiger charge is -2.32. The molecule has 4 N–H and O–H groups in total. The molecule has 0 spiro atoms. The minimum absolute atomic E-state index is 0.0724. The zero-order valence-corrected chi connectivity index (χ0v) is 22.0. The Morgan fingerprint density at radius 1 is 0.921 bits per heavy atom. The highest BCUT2D eigenvalue weighted by atomic mass is 32.2. The number of rotatable bonds is 11. The first-order valence-corrected chi connectivity index (χ1v) is 13.4. The number of nitrogens with two attached hydrogens (primary N) is 1. The molecule has 0 saturated carbocycles. The molecule has 8 nitrogen and oxygen atoms in total. The second kappa shape index (κ2) is 11.8. The van der Waals surface area contributed by atoms with Gasteiger partial charge < -0.3 is 15.2 Å². The number of hydrazine groups is 1. The molecular formula is C29H30N4O4S. The van der Waals surface area contributed by atoms with E-state index in [9.17, 15) is 8.42 Å². The van der Waals surface area contributed by atoms with Crippen LogP contribution in [0.2, 0.25) is 0 Å². The molecule has 0 aromatic heterocycles. The van der Waals surface area contributed by atoms with Gasteiger partial charge in [0.2, 0.25) is 0 Å². The second-order valence-corrected chi connectivity index (χ2v) is 10.3. The topological polar surface area (TPSA) is 118 Å². The van der Waals surface area contributed by atoms with Crippen molar-refractivity contribution in [2.45, 2.75) is 24.5 Å². The monoisotopic (exact) mass is 530 g/mol. The van der Waals surface area contributed by atoms with Crippen LogP contribution in [0.25, 0.3) is 0 Å². The van der Waals surface area contributed by atoms with Crippen molar-refractivity contribution in [3.05, 3.63) is 120 Å². The zero-order chi connectivity index (χ0) is 27.1. The molecule has 0 aliphatic rings. The third-order valence-electron chi connectivity index (χ3n) is 6.02. The highest BCUT2D eigenvalue weighted by Gasteiger charge is 2.25. The van der Waals surface area contributed by atoms with Crippen molar-refractivity contribution >= 4 is 21.5 Å². The summed E-state index contributed by atoms with van der Waals surface area (Å²) < 4.78 is 38.1. The van der Waals surface area contributed by atoms with Gasteiger partial charge in [0.25, 0.3) is 10.0 Å². The van der Waals surface area contributed by atoms with Gasteiger partial charge >= 0.3 is 0 Å². The maximum atomic E-state index is 13.3. The van der Waals surface area contributed by atoms with Gasteiger partial charge in [0.1, 0.15) is 12.4 Å². The van der Waals surface area contributed by atoms with Gasteiger partial charge in [0.05, 0.1) is 23.7 Å². The van der Waals surface area contributed by atoms with Crippen molar-refractivity contribution in [1.82, 2.24) is 4.83 Å². The highest BCUT2D eigenvalue weighted by Crippen LogP contribution is 2.34. The lowest BCUT2D eigenvalue weighted by Crippen LogP contribution is -2.44. The Kier molecular flexibility index (Phi) is 8.30. The Hall–Kier alpha value is -4.34. The van der Waals surface area contributed by atoms with Gasteiger partial charge in [-0.3, -0.25) is 10.4 Å². The standard InChI is InChI=1S/C29H30N4O4S/c1-21(24-15-18-27(28(19-24)36-2)37-20-22-9-5-3-6-10-22)33(25-16-13-23(14-17-25)29(30)31)32-38(34,35)26-11-7-4-8-12-26/h3-19,21,32H,20H2,1-2H3,(H3,30,31). The fourth-order valence-corrected chi connectivity index (χ4v) is 5.03. The fourth-order valence-electron chi connectivity index (χ4n) is 3.89. The van der Waals surface area contributed by atoms with Gasteiger partial charge in [0, 0.05) is 5.56 Å². The average Bonchev–Trinajstić information content (AvgIpc) is 2.95. The van der Waals surface area contributed by atoms with Crippen molar-refractivity contribution in [2.75, 3.05) is 12.1 Å². The van der Waals surface area contributed by atoms with Crippen LogP contribution in [0.15, 0.2) is 108 Å². The lowest BCUT2D eigenvalue weighted by atomic mass is 10.1. The van der Waals surface area contributed by atoms with Gasteiger partial charge in [-0.25, -0.2) is 8.42 Å². The number of ether oxygens (including phenoxy) is 2. The van der Waals surface area contributed by atoms with Crippen LogP contribution in [0.1, 0.15) is 29.7 Å². The first-order chi connectivity index (χ1) is 18.3. The van der Waals surface area contributed by atoms with Crippen molar-refractivity contribution in [3.8, 4) is 11.5 Å². The number of methoxy groups -OCH3 is 1. The van der Waals surface area contributed by atoms with Crippen molar-refractivity contribution < 1.29 is 17.9 Å². The Balaban J connectivity index is 1.65. The largest absolute Gasteiger partial charge is 0.493 e. The summed E-state index contributed by atoms with van der Waals surface area (Å²) in [5, 5.41) is 9.23. The SMILES string of the molecule is COc1cc(C(C)N(NS(=O)(=O)c2ccccc2)c2ccc(C(=N)N)cc2)ccc1OCc1ccccc1. The van der Waals surface area contributed by atoms with Gasteiger partial charge in [-0.15, -0.1) is 4.83 Å². The van der Waals surface area contributed by atoms with E-state index < -0.39 is 16.1 Å². The van der Waals surface area contributed by atoms with Crippen LogP contribution in [0, 0.1) is 5.41 Å². The van der Waals surface area contributed by atoms with Crippen LogP contribution in [0.3, 0.4) is 0 Å². The van der Waals surface area contributed by atoms with Crippen molar-refractivity contribution in [2.24, 2.45) is 5.73 Å². The molecule has 38 heavy (non-hydrogen) atoms. The summed E-state index contributed by atoms with van der Waals surface area (Å²) in [5.41, 5.74) is 8.54. The molecule has 0 fully saturated rings. The minimum Gasteiger partial charge on any atom is -0.493 e. The smallest absolute Gasteiger partial charge is 0.257 e. The average molecular weight is 531 g/mol. The first kappa shape index (κ1) is 26.7. The van der Waals surface area contributed by atoms with Crippen LogP contribution in [-0.4, -0.2) is 21.4 Å². The summed E-state index contributed by atoms with van der Waals surface area (Å²) in [7, 11) is -2.33. The third kappa shape index (κ3) is 6.31. The van der Waals surface area contributed by atoms with E-state index >= 15 is 0 Å². The molecule has 4 aromatic rings. The molecule has 0 bridgehead atoms. The molecule has 0 amide bonds. The molecule has 0 heterocycles. The summed E-state index contributed by atoms with van der Waals surface area (Å²) in [4.78, 5) is 2.86. The van der Waals surface area contributed by atoms with E-state index in [4.69, 9.17) is 20.6 Å².